The summed E-state index contributed by atoms with van der Waals surface area (Å²) >= 11 is 2.06. The zero-order chi connectivity index (χ0) is 13.7. The van der Waals surface area contributed by atoms with Crippen LogP contribution in [-0.2, 0) is 20.7 Å². The Morgan fingerprint density at radius 1 is 1.50 bits per heavy atom. The van der Waals surface area contributed by atoms with Crippen LogP contribution in [0.15, 0.2) is 18.2 Å². The van der Waals surface area contributed by atoms with E-state index in [2.05, 4.69) is 32.6 Å². The number of carbonyl (C=O) groups excluding carboxylic acids is 2. The largest absolute Gasteiger partial charge is 0.508 e. The maximum atomic E-state index is 11.5. The lowest BCUT2D eigenvalue weighted by molar-refractivity contribution is -0.144. The third-order valence-electron chi connectivity index (χ3n) is 2.32. The summed E-state index contributed by atoms with van der Waals surface area (Å²) in [6, 6.07) is 4.14. The molecule has 1 rings (SSSR count). The highest BCUT2D eigenvalue weighted by atomic mass is 127. The van der Waals surface area contributed by atoms with E-state index in [1.807, 2.05) is 0 Å². The second kappa shape index (κ2) is 6.58. The van der Waals surface area contributed by atoms with Gasteiger partial charge in [-0.05, 0) is 40.3 Å². The average molecular weight is 363 g/mol. The van der Waals surface area contributed by atoms with Gasteiger partial charge in [0.15, 0.2) is 0 Å². The molecule has 0 saturated heterocycles. The Bertz CT molecular complexity index is 461. The minimum Gasteiger partial charge on any atom is -0.508 e. The van der Waals surface area contributed by atoms with Crippen LogP contribution in [0, 0.1) is 3.57 Å². The van der Waals surface area contributed by atoms with E-state index in [0.717, 1.165) is 9.13 Å². The summed E-state index contributed by atoms with van der Waals surface area (Å²) < 4.78 is 5.47. The van der Waals surface area contributed by atoms with E-state index in [1.54, 1.807) is 18.2 Å². The Balaban J connectivity index is 2.88. The van der Waals surface area contributed by atoms with E-state index in [-0.39, 0.29) is 11.7 Å². The Hall–Kier alpha value is -1.31. The van der Waals surface area contributed by atoms with Gasteiger partial charge in [-0.1, -0.05) is 6.07 Å². The molecule has 0 aliphatic rings. The molecule has 1 aromatic carbocycles. The van der Waals surface area contributed by atoms with Gasteiger partial charge in [-0.2, -0.15) is 0 Å². The molecule has 0 saturated carbocycles. The minimum absolute atomic E-state index is 0.164. The molecule has 0 fully saturated rings. The van der Waals surface area contributed by atoms with Crippen LogP contribution in [-0.4, -0.2) is 30.1 Å². The standard InChI is InChI=1S/C12H14INO4/c1-7(15)14-11(12(17)18-2)5-8-3-4-9(16)6-10(8)13/h3-4,6,11,16H,5H2,1-2H3,(H,14,15). The van der Waals surface area contributed by atoms with Crippen LogP contribution in [0.1, 0.15) is 12.5 Å². The van der Waals surface area contributed by atoms with Crippen LogP contribution >= 0.6 is 22.6 Å². The molecular weight excluding hydrogens is 349 g/mol. The van der Waals surface area contributed by atoms with Crippen molar-refractivity contribution in [1.29, 1.82) is 0 Å². The topological polar surface area (TPSA) is 75.6 Å². The highest BCUT2D eigenvalue weighted by Crippen LogP contribution is 2.20. The molecule has 1 unspecified atom stereocenters. The van der Waals surface area contributed by atoms with Gasteiger partial charge in [0.05, 0.1) is 7.11 Å². The molecule has 1 atom stereocenters. The zero-order valence-corrected chi connectivity index (χ0v) is 12.2. The number of nitrogens with one attached hydrogen (secondary N) is 1. The lowest BCUT2D eigenvalue weighted by Crippen LogP contribution is -2.42. The quantitative estimate of drug-likeness (QED) is 0.623. The molecule has 0 bridgehead atoms. The number of benzene rings is 1. The van der Waals surface area contributed by atoms with Crippen LogP contribution in [0.4, 0.5) is 0 Å². The number of phenolic OH excluding ortho intramolecular Hbond substituents is 1. The van der Waals surface area contributed by atoms with Crippen molar-refractivity contribution in [3.63, 3.8) is 0 Å². The lowest BCUT2D eigenvalue weighted by atomic mass is 10.1. The average Bonchev–Trinajstić information content (AvgIpc) is 2.30. The molecule has 0 radical (unpaired) electrons. The van der Waals surface area contributed by atoms with Gasteiger partial charge < -0.3 is 15.2 Å². The third kappa shape index (κ3) is 4.17. The first-order chi connectivity index (χ1) is 8.43. The van der Waals surface area contributed by atoms with Crippen LogP contribution < -0.4 is 5.32 Å². The number of methoxy groups -OCH3 is 1. The first-order valence-corrected chi connectivity index (χ1v) is 6.34. The van der Waals surface area contributed by atoms with E-state index >= 15 is 0 Å². The number of hydrogen-bond acceptors (Lipinski definition) is 4. The van der Waals surface area contributed by atoms with Gasteiger partial charge in [-0.25, -0.2) is 4.79 Å². The summed E-state index contributed by atoms with van der Waals surface area (Å²) in [5.74, 6) is -0.620. The summed E-state index contributed by atoms with van der Waals surface area (Å²) in [5, 5.41) is 11.8. The summed E-state index contributed by atoms with van der Waals surface area (Å²) in [7, 11) is 1.28. The molecule has 0 aliphatic carbocycles. The molecule has 5 nitrogen and oxygen atoms in total. The van der Waals surface area contributed by atoms with Crippen molar-refractivity contribution in [2.45, 2.75) is 19.4 Å². The van der Waals surface area contributed by atoms with Gasteiger partial charge in [0.25, 0.3) is 0 Å². The maximum absolute atomic E-state index is 11.5. The fraction of sp³-hybridized carbons (Fsp3) is 0.333. The van der Waals surface area contributed by atoms with Crippen molar-refractivity contribution in [2.75, 3.05) is 7.11 Å². The maximum Gasteiger partial charge on any atom is 0.328 e. The number of hydrogen-bond donors (Lipinski definition) is 2. The number of amides is 1. The Labute approximate surface area is 119 Å². The fourth-order valence-electron chi connectivity index (χ4n) is 1.50. The molecule has 1 amide bonds. The molecule has 18 heavy (non-hydrogen) atoms. The van der Waals surface area contributed by atoms with Crippen molar-refractivity contribution in [3.8, 4) is 5.75 Å². The van der Waals surface area contributed by atoms with Gasteiger partial charge >= 0.3 is 5.97 Å². The Morgan fingerprint density at radius 2 is 2.17 bits per heavy atom. The second-order valence-corrected chi connectivity index (χ2v) is 4.92. The predicted octanol–water partition coefficient (Wildman–Crippen LogP) is 1.22. The van der Waals surface area contributed by atoms with Gasteiger partial charge in [-0.3, -0.25) is 4.79 Å². The Morgan fingerprint density at radius 3 is 2.67 bits per heavy atom. The van der Waals surface area contributed by atoms with E-state index in [4.69, 9.17) is 0 Å². The second-order valence-electron chi connectivity index (χ2n) is 3.76. The monoisotopic (exact) mass is 363 g/mol. The van der Waals surface area contributed by atoms with Crippen LogP contribution in [0.25, 0.3) is 0 Å². The number of phenols is 1. The molecule has 1 aromatic rings. The van der Waals surface area contributed by atoms with Gasteiger partial charge in [-0.15, -0.1) is 0 Å². The summed E-state index contributed by atoms with van der Waals surface area (Å²) in [6.45, 7) is 1.34. The Kier molecular flexibility index (Phi) is 5.39. The fourth-order valence-corrected chi connectivity index (χ4v) is 2.22. The van der Waals surface area contributed by atoms with Crippen molar-refractivity contribution in [1.82, 2.24) is 5.32 Å². The molecule has 0 aromatic heterocycles. The molecule has 0 aliphatic heterocycles. The predicted molar refractivity (Wildman–Crippen MR) is 74.1 cm³/mol. The summed E-state index contributed by atoms with van der Waals surface area (Å²) in [5.41, 5.74) is 0.859. The van der Waals surface area contributed by atoms with E-state index < -0.39 is 12.0 Å². The molecule has 98 valence electrons. The third-order valence-corrected chi connectivity index (χ3v) is 3.33. The molecule has 0 spiro atoms. The first kappa shape index (κ1) is 14.7. The molecule has 0 heterocycles. The van der Waals surface area contributed by atoms with Gasteiger partial charge in [0, 0.05) is 16.9 Å². The number of ether oxygens (including phenoxy) is 1. The van der Waals surface area contributed by atoms with Crippen LogP contribution in [0.5, 0.6) is 5.75 Å². The highest BCUT2D eigenvalue weighted by Gasteiger charge is 2.21. The summed E-state index contributed by atoms with van der Waals surface area (Å²) in [6.07, 6.45) is 0.324. The SMILES string of the molecule is COC(=O)C(Cc1ccc(O)cc1I)NC(C)=O. The zero-order valence-electron chi connectivity index (χ0n) is 10.1. The number of esters is 1. The highest BCUT2D eigenvalue weighted by molar-refractivity contribution is 14.1. The number of aromatic hydroxyl groups is 1. The number of rotatable bonds is 4. The van der Waals surface area contributed by atoms with E-state index in [0.29, 0.717) is 6.42 Å². The smallest absolute Gasteiger partial charge is 0.328 e. The normalized spacial score (nSPS) is 11.7. The van der Waals surface area contributed by atoms with Crippen molar-refractivity contribution in [2.24, 2.45) is 0 Å². The number of halogens is 1. The van der Waals surface area contributed by atoms with E-state index in [1.165, 1.54) is 14.0 Å². The van der Waals surface area contributed by atoms with Crippen LogP contribution in [0.3, 0.4) is 0 Å². The minimum atomic E-state index is -0.717. The first-order valence-electron chi connectivity index (χ1n) is 5.26. The molecular formula is C12H14INO4. The molecule has 2 N–H and O–H groups in total. The number of carbonyl (C=O) groups is 2. The van der Waals surface area contributed by atoms with Crippen LogP contribution in [0.2, 0.25) is 0 Å². The lowest BCUT2D eigenvalue weighted by Gasteiger charge is -2.16. The van der Waals surface area contributed by atoms with Crippen molar-refractivity contribution < 1.29 is 19.4 Å². The molecule has 6 heteroatoms. The van der Waals surface area contributed by atoms with Crippen molar-refractivity contribution in [3.05, 3.63) is 27.3 Å². The van der Waals surface area contributed by atoms with Gasteiger partial charge in [0.2, 0.25) is 5.91 Å². The summed E-state index contributed by atoms with van der Waals surface area (Å²) in [4.78, 5) is 22.6. The van der Waals surface area contributed by atoms with Crippen molar-refractivity contribution >= 4 is 34.5 Å². The van der Waals surface area contributed by atoms with E-state index in [9.17, 15) is 14.7 Å². The van der Waals surface area contributed by atoms with Gasteiger partial charge in [0.1, 0.15) is 11.8 Å².